The van der Waals surface area contributed by atoms with Crippen LogP contribution in [0.5, 0.6) is 0 Å². The molecule has 2 aliphatic rings. The summed E-state index contributed by atoms with van der Waals surface area (Å²) in [5.74, 6) is 0.724. The van der Waals surface area contributed by atoms with E-state index in [2.05, 4.69) is 16.3 Å². The van der Waals surface area contributed by atoms with E-state index in [1.54, 1.807) is 11.3 Å². The number of nitrogens with two attached hydrogens (primary N) is 1. The molecule has 3 nitrogen and oxygen atoms in total. The summed E-state index contributed by atoms with van der Waals surface area (Å²) in [4.78, 5) is 1.49. The van der Waals surface area contributed by atoms with Gasteiger partial charge >= 0.3 is 0 Å². The zero-order valence-electron chi connectivity index (χ0n) is 10.3. The highest BCUT2D eigenvalue weighted by Crippen LogP contribution is 2.44. The lowest BCUT2D eigenvalue weighted by atomic mass is 9.94. The first kappa shape index (κ1) is 10.6. The van der Waals surface area contributed by atoms with Gasteiger partial charge in [-0.1, -0.05) is 0 Å². The van der Waals surface area contributed by atoms with Gasteiger partial charge in [-0.15, -0.1) is 11.3 Å². The number of rotatable bonds is 2. The van der Waals surface area contributed by atoms with Crippen molar-refractivity contribution in [3.63, 3.8) is 0 Å². The quantitative estimate of drug-likeness (QED) is 0.867. The van der Waals surface area contributed by atoms with Crippen molar-refractivity contribution >= 4 is 16.3 Å². The van der Waals surface area contributed by atoms with E-state index in [4.69, 9.17) is 5.73 Å². The van der Waals surface area contributed by atoms with Gasteiger partial charge in [-0.05, 0) is 50.2 Å². The minimum Gasteiger partial charge on any atom is -0.390 e. The van der Waals surface area contributed by atoms with Crippen LogP contribution in [-0.4, -0.2) is 10.2 Å². The minimum atomic E-state index is 0.724. The highest BCUT2D eigenvalue weighted by molar-refractivity contribution is 7.16. The van der Waals surface area contributed by atoms with Crippen molar-refractivity contribution in [2.24, 2.45) is 0 Å². The summed E-state index contributed by atoms with van der Waals surface area (Å²) in [6, 6.07) is 2.21. The summed E-state index contributed by atoms with van der Waals surface area (Å²) < 4.78 is 0. The van der Waals surface area contributed by atoms with Gasteiger partial charge in [0.25, 0.3) is 0 Å². The number of aromatic nitrogens is 2. The number of nitrogens with one attached hydrogen (secondary N) is 1. The standard InChI is InChI=1S/C14H17N3S/c15-14-13(9-3-1-2-4-12(9)18-14)11-7-10(16-17-11)8-5-6-8/h7-8H,1-6,15H2,(H,16,17). The van der Waals surface area contributed by atoms with Crippen molar-refractivity contribution in [2.45, 2.75) is 44.4 Å². The summed E-state index contributed by atoms with van der Waals surface area (Å²) in [6.45, 7) is 0. The third-order valence-electron chi connectivity index (χ3n) is 4.07. The lowest BCUT2D eigenvalue weighted by molar-refractivity contribution is 0.698. The third-order valence-corrected chi connectivity index (χ3v) is 5.19. The van der Waals surface area contributed by atoms with E-state index in [1.165, 1.54) is 60.2 Å². The Hall–Kier alpha value is -1.29. The number of anilines is 1. The summed E-state index contributed by atoms with van der Waals surface area (Å²) in [7, 11) is 0. The fourth-order valence-electron chi connectivity index (χ4n) is 2.94. The molecule has 2 aromatic heterocycles. The molecule has 0 atom stereocenters. The molecule has 0 aromatic carbocycles. The van der Waals surface area contributed by atoms with E-state index in [9.17, 15) is 0 Å². The average Bonchev–Trinajstić information content (AvgIpc) is 3.01. The maximum absolute atomic E-state index is 6.22. The molecule has 1 saturated carbocycles. The number of hydrogen-bond donors (Lipinski definition) is 2. The monoisotopic (exact) mass is 259 g/mol. The molecule has 0 unspecified atom stereocenters. The lowest BCUT2D eigenvalue weighted by Crippen LogP contribution is -1.99. The first-order chi connectivity index (χ1) is 8.83. The number of hydrogen-bond acceptors (Lipinski definition) is 3. The summed E-state index contributed by atoms with van der Waals surface area (Å²) >= 11 is 1.77. The van der Waals surface area contributed by atoms with Crippen LogP contribution >= 0.6 is 11.3 Å². The van der Waals surface area contributed by atoms with E-state index in [-0.39, 0.29) is 0 Å². The van der Waals surface area contributed by atoms with Crippen molar-refractivity contribution < 1.29 is 0 Å². The molecule has 2 heterocycles. The Kier molecular flexibility index (Phi) is 2.27. The number of nitrogens with zero attached hydrogens (tertiary/aromatic N) is 1. The van der Waals surface area contributed by atoms with E-state index >= 15 is 0 Å². The molecule has 1 fully saturated rings. The molecule has 4 heteroatoms. The second kappa shape index (κ2) is 3.85. The second-order valence-corrected chi connectivity index (χ2v) is 6.57. The number of H-pyrrole nitrogens is 1. The lowest BCUT2D eigenvalue weighted by Gasteiger charge is -2.11. The van der Waals surface area contributed by atoms with Crippen LogP contribution in [-0.2, 0) is 12.8 Å². The first-order valence-electron chi connectivity index (χ1n) is 6.78. The Balaban J connectivity index is 1.80. The topological polar surface area (TPSA) is 54.7 Å². The Morgan fingerprint density at radius 3 is 2.94 bits per heavy atom. The van der Waals surface area contributed by atoms with Gasteiger partial charge in [0, 0.05) is 22.1 Å². The third kappa shape index (κ3) is 1.59. The molecule has 3 N–H and O–H groups in total. The smallest absolute Gasteiger partial charge is 0.0958 e. The highest BCUT2D eigenvalue weighted by atomic mass is 32.1. The average molecular weight is 259 g/mol. The predicted molar refractivity (Wildman–Crippen MR) is 74.9 cm³/mol. The Labute approximate surface area is 110 Å². The van der Waals surface area contributed by atoms with E-state index in [1.807, 2.05) is 0 Å². The molecule has 0 bridgehead atoms. The Morgan fingerprint density at radius 1 is 1.28 bits per heavy atom. The van der Waals surface area contributed by atoms with Gasteiger partial charge in [-0.3, -0.25) is 5.10 Å². The molecule has 0 aliphatic heterocycles. The van der Waals surface area contributed by atoms with Crippen LogP contribution in [0.3, 0.4) is 0 Å². The number of aryl methyl sites for hydroxylation is 1. The first-order valence-corrected chi connectivity index (χ1v) is 7.60. The van der Waals surface area contributed by atoms with Gasteiger partial charge in [0.05, 0.1) is 10.7 Å². The van der Waals surface area contributed by atoms with Crippen LogP contribution < -0.4 is 5.73 Å². The minimum absolute atomic E-state index is 0.724. The maximum Gasteiger partial charge on any atom is 0.0958 e. The molecular formula is C14H17N3S. The summed E-state index contributed by atoms with van der Waals surface area (Å²) in [6.07, 6.45) is 7.57. The van der Waals surface area contributed by atoms with E-state index in [0.29, 0.717) is 0 Å². The number of aromatic amines is 1. The van der Waals surface area contributed by atoms with E-state index in [0.717, 1.165) is 16.6 Å². The van der Waals surface area contributed by atoms with Crippen LogP contribution in [0.1, 0.15) is 47.7 Å². The van der Waals surface area contributed by atoms with Gasteiger partial charge in [0.2, 0.25) is 0 Å². The SMILES string of the molecule is Nc1sc2c(c1-c1cc(C3CC3)[nH]n1)CCCC2. The Bertz CT molecular complexity index is 592. The number of fused-ring (bicyclic) bond motifs is 1. The van der Waals surface area contributed by atoms with E-state index < -0.39 is 0 Å². The second-order valence-electron chi connectivity index (χ2n) is 5.43. The van der Waals surface area contributed by atoms with Crippen LogP contribution in [0, 0.1) is 0 Å². The molecule has 0 spiro atoms. The van der Waals surface area contributed by atoms with Crippen LogP contribution in [0.2, 0.25) is 0 Å². The molecule has 0 amide bonds. The van der Waals surface area contributed by atoms with Crippen molar-refractivity contribution in [3.8, 4) is 11.3 Å². The summed E-state index contributed by atoms with van der Waals surface area (Å²) in [5, 5.41) is 8.63. The van der Waals surface area contributed by atoms with Crippen LogP contribution in [0.15, 0.2) is 6.07 Å². The van der Waals surface area contributed by atoms with Gasteiger partial charge in [0.15, 0.2) is 0 Å². The van der Waals surface area contributed by atoms with Gasteiger partial charge in [-0.25, -0.2) is 0 Å². The molecule has 0 radical (unpaired) electrons. The number of thiophene rings is 1. The molecular weight excluding hydrogens is 242 g/mol. The van der Waals surface area contributed by atoms with Crippen molar-refractivity contribution in [2.75, 3.05) is 5.73 Å². The molecule has 2 aromatic rings. The largest absolute Gasteiger partial charge is 0.390 e. The molecule has 4 rings (SSSR count). The molecule has 94 valence electrons. The normalized spacial score (nSPS) is 18.9. The van der Waals surface area contributed by atoms with Crippen molar-refractivity contribution in [3.05, 3.63) is 22.2 Å². The van der Waals surface area contributed by atoms with Gasteiger partial charge < -0.3 is 5.73 Å². The zero-order chi connectivity index (χ0) is 12.1. The highest BCUT2D eigenvalue weighted by Gasteiger charge is 2.27. The van der Waals surface area contributed by atoms with Gasteiger partial charge in [-0.2, -0.15) is 5.10 Å². The zero-order valence-corrected chi connectivity index (χ0v) is 11.1. The molecule has 2 aliphatic carbocycles. The van der Waals surface area contributed by atoms with Crippen molar-refractivity contribution in [1.82, 2.24) is 10.2 Å². The molecule has 18 heavy (non-hydrogen) atoms. The van der Waals surface area contributed by atoms with Crippen LogP contribution in [0.4, 0.5) is 5.00 Å². The molecule has 0 saturated heterocycles. The number of nitrogen functional groups attached to an aromatic ring is 1. The van der Waals surface area contributed by atoms with Crippen LogP contribution in [0.25, 0.3) is 11.3 Å². The Morgan fingerprint density at radius 2 is 2.11 bits per heavy atom. The van der Waals surface area contributed by atoms with Gasteiger partial charge in [0.1, 0.15) is 0 Å². The van der Waals surface area contributed by atoms with Crippen molar-refractivity contribution in [1.29, 1.82) is 0 Å². The fourth-order valence-corrected chi connectivity index (χ4v) is 4.11. The fraction of sp³-hybridized carbons (Fsp3) is 0.500. The maximum atomic E-state index is 6.22. The predicted octanol–water partition coefficient (Wildman–Crippen LogP) is 3.48. The summed E-state index contributed by atoms with van der Waals surface area (Å²) in [5.41, 5.74) is 11.3.